The van der Waals surface area contributed by atoms with Gasteiger partial charge in [-0.15, -0.1) is 0 Å². The summed E-state index contributed by atoms with van der Waals surface area (Å²) < 4.78 is 18.3. The van der Waals surface area contributed by atoms with E-state index in [1.807, 2.05) is 14.1 Å². The Morgan fingerprint density at radius 2 is 2.09 bits per heavy atom. The smallest absolute Gasteiger partial charge is 0.265 e. The Morgan fingerprint density at radius 3 is 2.73 bits per heavy atom. The second-order valence-electron chi connectivity index (χ2n) is 5.77. The Balaban J connectivity index is 1.76. The van der Waals surface area contributed by atoms with Crippen LogP contribution in [0.25, 0.3) is 0 Å². The highest BCUT2D eigenvalue weighted by Crippen LogP contribution is 2.33. The number of halogens is 1. The summed E-state index contributed by atoms with van der Waals surface area (Å²) in [5.41, 5.74) is 0.977. The van der Waals surface area contributed by atoms with Crippen LogP contribution >= 0.6 is 0 Å². The summed E-state index contributed by atoms with van der Waals surface area (Å²) in [6.07, 6.45) is 0.201. The largest absolute Gasteiger partial charge is 0.392 e. The number of aliphatic hydroxyl groups excluding tert-OH is 1. The normalized spacial score (nSPS) is 22.2. The molecule has 118 valence electrons. The number of likely N-dealkylation sites (tertiary alicyclic amines) is 1. The third-order valence-electron chi connectivity index (χ3n) is 3.83. The van der Waals surface area contributed by atoms with Gasteiger partial charge in [0.05, 0.1) is 12.6 Å². The fraction of sp³-hybridized carbons (Fsp3) is 0.467. The topological polar surface area (TPSA) is 65.6 Å². The van der Waals surface area contributed by atoms with Gasteiger partial charge >= 0.3 is 0 Å². The van der Waals surface area contributed by atoms with E-state index in [0.29, 0.717) is 31.3 Å². The van der Waals surface area contributed by atoms with Gasteiger partial charge in [-0.3, -0.25) is 4.90 Å². The molecule has 1 saturated heterocycles. The van der Waals surface area contributed by atoms with Gasteiger partial charge in [-0.25, -0.2) is 4.39 Å². The molecule has 0 amide bonds. The molecular weight excluding hydrogens is 287 g/mol. The number of nitrogens with zero attached hydrogens (tertiary/aromatic N) is 4. The predicted molar refractivity (Wildman–Crippen MR) is 78.8 cm³/mol. The van der Waals surface area contributed by atoms with Gasteiger partial charge in [0.15, 0.2) is 0 Å². The molecule has 2 atom stereocenters. The Labute approximate surface area is 128 Å². The van der Waals surface area contributed by atoms with Crippen molar-refractivity contribution in [3.63, 3.8) is 0 Å². The second kappa shape index (κ2) is 6.02. The van der Waals surface area contributed by atoms with Crippen LogP contribution in [0.15, 0.2) is 28.8 Å². The molecule has 0 spiro atoms. The molecule has 1 fully saturated rings. The number of rotatable bonds is 4. The molecule has 0 saturated carbocycles. The summed E-state index contributed by atoms with van der Waals surface area (Å²) in [6.45, 7) is 0.988. The van der Waals surface area contributed by atoms with E-state index < -0.39 is 6.10 Å². The molecule has 0 radical (unpaired) electrons. The van der Waals surface area contributed by atoms with Gasteiger partial charge in [0.25, 0.3) is 5.95 Å². The highest BCUT2D eigenvalue weighted by molar-refractivity contribution is 5.24. The number of aromatic nitrogens is 2. The molecule has 2 heterocycles. The van der Waals surface area contributed by atoms with Gasteiger partial charge in [0.2, 0.25) is 5.89 Å². The molecule has 6 nitrogen and oxygen atoms in total. The quantitative estimate of drug-likeness (QED) is 0.925. The third kappa shape index (κ3) is 3.10. The zero-order chi connectivity index (χ0) is 15.7. The molecule has 1 aliphatic heterocycles. The minimum atomic E-state index is -0.411. The molecule has 2 aromatic rings. The van der Waals surface area contributed by atoms with Crippen molar-refractivity contribution in [3.05, 3.63) is 41.5 Å². The third-order valence-corrected chi connectivity index (χ3v) is 3.83. The summed E-state index contributed by atoms with van der Waals surface area (Å²) in [7, 11) is 3.69. The fourth-order valence-electron chi connectivity index (χ4n) is 2.75. The van der Waals surface area contributed by atoms with Crippen molar-refractivity contribution < 1.29 is 14.0 Å². The molecular formula is C15H19FN4O2. The van der Waals surface area contributed by atoms with Gasteiger partial charge in [0, 0.05) is 26.7 Å². The summed E-state index contributed by atoms with van der Waals surface area (Å²) in [6, 6.07) is 6.41. The first-order valence-corrected chi connectivity index (χ1v) is 7.20. The van der Waals surface area contributed by atoms with E-state index in [2.05, 4.69) is 15.0 Å². The van der Waals surface area contributed by atoms with Crippen LogP contribution in [0.2, 0.25) is 0 Å². The van der Waals surface area contributed by atoms with Crippen molar-refractivity contribution in [1.29, 1.82) is 0 Å². The summed E-state index contributed by atoms with van der Waals surface area (Å²) in [5.74, 6) is 0.763. The fourth-order valence-corrected chi connectivity index (χ4v) is 2.75. The predicted octanol–water partition coefficient (Wildman–Crippen LogP) is 1.58. The molecule has 1 N–H and O–H groups in total. The molecule has 1 aromatic carbocycles. The molecule has 7 heteroatoms. The highest BCUT2D eigenvalue weighted by Gasteiger charge is 2.33. The molecule has 0 unspecified atom stereocenters. The number of hydrogen-bond acceptors (Lipinski definition) is 6. The average Bonchev–Trinajstić information content (AvgIpc) is 3.07. The number of hydrogen-bond donors (Lipinski definition) is 1. The second-order valence-corrected chi connectivity index (χ2v) is 5.77. The lowest BCUT2D eigenvalue weighted by Gasteiger charge is -2.22. The van der Waals surface area contributed by atoms with Crippen LogP contribution < -0.4 is 4.90 Å². The Kier molecular flexibility index (Phi) is 4.08. The summed E-state index contributed by atoms with van der Waals surface area (Å²) in [4.78, 5) is 8.15. The lowest BCUT2D eigenvalue weighted by molar-refractivity contribution is 0.164. The molecule has 22 heavy (non-hydrogen) atoms. The van der Waals surface area contributed by atoms with Crippen LogP contribution in [0.3, 0.4) is 0 Å². The summed E-state index contributed by atoms with van der Waals surface area (Å²) in [5, 5.41) is 13.9. The van der Waals surface area contributed by atoms with E-state index in [-0.39, 0.29) is 11.9 Å². The van der Waals surface area contributed by atoms with Crippen LogP contribution in [-0.4, -0.2) is 46.9 Å². The maximum absolute atomic E-state index is 13.1. The minimum Gasteiger partial charge on any atom is -0.392 e. The number of benzene rings is 1. The van der Waals surface area contributed by atoms with E-state index >= 15 is 0 Å². The van der Waals surface area contributed by atoms with E-state index in [0.717, 1.165) is 5.56 Å². The number of aliphatic hydroxyl groups is 1. The van der Waals surface area contributed by atoms with Gasteiger partial charge in [-0.1, -0.05) is 12.1 Å². The molecule has 3 rings (SSSR count). The first kappa shape index (κ1) is 14.9. The van der Waals surface area contributed by atoms with Crippen molar-refractivity contribution >= 4 is 5.95 Å². The van der Waals surface area contributed by atoms with Gasteiger partial charge in [0.1, 0.15) is 5.82 Å². The van der Waals surface area contributed by atoms with Crippen LogP contribution in [0.4, 0.5) is 10.3 Å². The first-order chi connectivity index (χ1) is 10.5. The Bertz CT molecular complexity index is 629. The standard InChI is InChI=1S/C15H19FN4O2/c1-19(2)15-17-14(22-18-15)9-20-8-12(21)7-13(20)10-3-5-11(16)6-4-10/h3-6,12-13,21H,7-9H2,1-2H3/t12-,13+/m0/s1. The molecule has 1 aliphatic rings. The zero-order valence-corrected chi connectivity index (χ0v) is 12.6. The maximum atomic E-state index is 13.1. The van der Waals surface area contributed by atoms with Crippen molar-refractivity contribution in [2.45, 2.75) is 25.1 Å². The van der Waals surface area contributed by atoms with Crippen molar-refractivity contribution in [2.24, 2.45) is 0 Å². The van der Waals surface area contributed by atoms with Crippen LogP contribution in [0.1, 0.15) is 23.9 Å². The highest BCUT2D eigenvalue weighted by atomic mass is 19.1. The minimum absolute atomic E-state index is 0.0188. The molecule has 1 aromatic heterocycles. The number of β-amino-alcohol motifs (C(OH)–C–C–N with tert-alkyl or cyclic N) is 1. The zero-order valence-electron chi connectivity index (χ0n) is 12.6. The Morgan fingerprint density at radius 1 is 1.36 bits per heavy atom. The van der Waals surface area contributed by atoms with Crippen LogP contribution in [0, 0.1) is 5.82 Å². The van der Waals surface area contributed by atoms with Crippen molar-refractivity contribution in [3.8, 4) is 0 Å². The van der Waals surface area contributed by atoms with Crippen molar-refractivity contribution in [2.75, 3.05) is 25.5 Å². The average molecular weight is 306 g/mol. The summed E-state index contributed by atoms with van der Waals surface area (Å²) >= 11 is 0. The van der Waals surface area contributed by atoms with Gasteiger partial charge in [-0.05, 0) is 29.3 Å². The van der Waals surface area contributed by atoms with Gasteiger partial charge < -0.3 is 14.5 Å². The van der Waals surface area contributed by atoms with E-state index in [4.69, 9.17) is 4.52 Å². The number of anilines is 1. The maximum Gasteiger partial charge on any atom is 0.265 e. The van der Waals surface area contributed by atoms with Crippen molar-refractivity contribution in [1.82, 2.24) is 15.0 Å². The Hall–Kier alpha value is -1.99. The lowest BCUT2D eigenvalue weighted by Crippen LogP contribution is -2.24. The van der Waals surface area contributed by atoms with Crippen LogP contribution in [0.5, 0.6) is 0 Å². The molecule has 0 aliphatic carbocycles. The molecule has 0 bridgehead atoms. The van der Waals surface area contributed by atoms with E-state index in [1.165, 1.54) is 12.1 Å². The van der Waals surface area contributed by atoms with Gasteiger partial charge in [-0.2, -0.15) is 4.98 Å². The van der Waals surface area contributed by atoms with E-state index in [9.17, 15) is 9.50 Å². The van der Waals surface area contributed by atoms with Crippen LogP contribution in [-0.2, 0) is 6.54 Å². The monoisotopic (exact) mass is 306 g/mol. The lowest BCUT2D eigenvalue weighted by atomic mass is 10.0. The van der Waals surface area contributed by atoms with E-state index in [1.54, 1.807) is 17.0 Å². The first-order valence-electron chi connectivity index (χ1n) is 7.20. The SMILES string of the molecule is CN(C)c1noc(CN2C[C@@H](O)C[C@@H]2c2ccc(F)cc2)n1.